The fraction of sp³-hybridized carbons (Fsp3) is 0.333. The first-order valence-electron chi connectivity index (χ1n) is 6.03. The van der Waals surface area contributed by atoms with Crippen molar-refractivity contribution in [1.82, 2.24) is 24.7 Å². The number of imidazole rings is 1. The van der Waals surface area contributed by atoms with Crippen molar-refractivity contribution in [3.8, 4) is 0 Å². The van der Waals surface area contributed by atoms with Gasteiger partial charge in [-0.15, -0.1) is 0 Å². The average Bonchev–Trinajstić information content (AvgIpc) is 2.92. The van der Waals surface area contributed by atoms with Gasteiger partial charge in [0.25, 0.3) is 0 Å². The highest BCUT2D eigenvalue weighted by Gasteiger charge is 2.24. The number of hydrogen-bond acceptors (Lipinski definition) is 3. The molecule has 100 valence electrons. The fourth-order valence-corrected chi connectivity index (χ4v) is 2.22. The van der Waals surface area contributed by atoms with Gasteiger partial charge < -0.3 is 9.30 Å². The van der Waals surface area contributed by atoms with Crippen molar-refractivity contribution in [3.05, 3.63) is 35.2 Å². The van der Waals surface area contributed by atoms with Crippen molar-refractivity contribution < 1.29 is 4.79 Å². The summed E-state index contributed by atoms with van der Waals surface area (Å²) >= 11 is 5.92. The molecule has 0 bridgehead atoms. The predicted octanol–water partition coefficient (Wildman–Crippen LogP) is 1.36. The second-order valence-corrected chi connectivity index (χ2v) is 4.97. The van der Waals surface area contributed by atoms with E-state index in [1.54, 1.807) is 23.0 Å². The van der Waals surface area contributed by atoms with Crippen LogP contribution >= 0.6 is 11.6 Å². The van der Waals surface area contributed by atoms with Gasteiger partial charge in [-0.3, -0.25) is 5.01 Å². The maximum absolute atomic E-state index is 11.7. The third-order valence-corrected chi connectivity index (χ3v) is 3.37. The monoisotopic (exact) mass is 279 g/mol. The second kappa shape index (κ2) is 4.71. The lowest BCUT2D eigenvalue weighted by Gasteiger charge is -2.16. The summed E-state index contributed by atoms with van der Waals surface area (Å²) in [4.78, 5) is 17.8. The molecule has 1 aliphatic heterocycles. The molecule has 1 aliphatic rings. The topological polar surface area (TPSA) is 52.9 Å². The number of pyridine rings is 1. The lowest BCUT2D eigenvalue weighted by molar-refractivity contribution is 0.178. The molecule has 0 aromatic carbocycles. The Balaban J connectivity index is 1.70. The zero-order valence-electron chi connectivity index (χ0n) is 10.5. The minimum Gasteiger partial charge on any atom is -0.325 e. The molecule has 6 nitrogen and oxygen atoms in total. The van der Waals surface area contributed by atoms with Crippen molar-refractivity contribution in [1.29, 1.82) is 0 Å². The van der Waals surface area contributed by atoms with Crippen LogP contribution in [0.4, 0.5) is 4.79 Å². The number of nitrogens with one attached hydrogen (secondary N) is 1. The predicted molar refractivity (Wildman–Crippen MR) is 71.8 cm³/mol. The molecule has 19 heavy (non-hydrogen) atoms. The van der Waals surface area contributed by atoms with Crippen LogP contribution in [0.2, 0.25) is 5.02 Å². The van der Waals surface area contributed by atoms with E-state index in [4.69, 9.17) is 11.6 Å². The summed E-state index contributed by atoms with van der Waals surface area (Å²) in [7, 11) is 1.79. The van der Waals surface area contributed by atoms with Gasteiger partial charge in [0.15, 0.2) is 0 Å². The van der Waals surface area contributed by atoms with E-state index in [0.29, 0.717) is 18.1 Å². The highest BCUT2D eigenvalue weighted by atomic mass is 35.5. The fourth-order valence-electron chi connectivity index (χ4n) is 2.07. The highest BCUT2D eigenvalue weighted by Crippen LogP contribution is 2.12. The number of rotatable bonds is 3. The number of aromatic nitrogens is 2. The van der Waals surface area contributed by atoms with Crippen LogP contribution in [0.15, 0.2) is 24.5 Å². The highest BCUT2D eigenvalue weighted by molar-refractivity contribution is 6.30. The smallest absolute Gasteiger partial charge is 0.325 e. The molecule has 3 heterocycles. The first-order valence-corrected chi connectivity index (χ1v) is 6.40. The number of halogens is 1. The van der Waals surface area contributed by atoms with Crippen LogP contribution < -0.4 is 5.43 Å². The average molecular weight is 280 g/mol. The third kappa shape index (κ3) is 2.36. The van der Waals surface area contributed by atoms with Gasteiger partial charge in [-0.05, 0) is 12.1 Å². The quantitative estimate of drug-likeness (QED) is 0.923. The maximum atomic E-state index is 11.7. The van der Waals surface area contributed by atoms with Crippen LogP contribution in [-0.2, 0) is 6.54 Å². The van der Waals surface area contributed by atoms with E-state index in [2.05, 4.69) is 10.4 Å². The molecule has 0 atom stereocenters. The van der Waals surface area contributed by atoms with Gasteiger partial charge in [-0.2, -0.15) is 0 Å². The summed E-state index contributed by atoms with van der Waals surface area (Å²) in [6.07, 6.45) is 3.78. The molecular formula is C12H14ClN5O. The summed E-state index contributed by atoms with van der Waals surface area (Å²) < 4.78 is 1.90. The molecule has 2 aromatic heterocycles. The number of hydrogen-bond donors (Lipinski definition) is 1. The normalized spacial score (nSPS) is 15.8. The Morgan fingerprint density at radius 2 is 2.32 bits per heavy atom. The van der Waals surface area contributed by atoms with E-state index in [1.807, 2.05) is 22.9 Å². The van der Waals surface area contributed by atoms with E-state index in [0.717, 1.165) is 17.9 Å². The minimum absolute atomic E-state index is 0.00758. The summed E-state index contributed by atoms with van der Waals surface area (Å²) in [5.41, 5.74) is 4.75. The molecule has 1 fully saturated rings. The summed E-state index contributed by atoms with van der Waals surface area (Å²) in [6, 6.07) is 3.61. The van der Waals surface area contributed by atoms with Gasteiger partial charge in [0.2, 0.25) is 0 Å². The lowest BCUT2D eigenvalue weighted by Crippen LogP contribution is -2.40. The molecule has 2 aromatic rings. The summed E-state index contributed by atoms with van der Waals surface area (Å²) in [5.74, 6) is 0. The summed E-state index contributed by atoms with van der Waals surface area (Å²) in [6.45, 7) is 1.94. The Hall–Kier alpha value is -1.79. The molecule has 0 aliphatic carbocycles. The number of carbonyl (C=O) groups excluding carboxylic acids is 1. The lowest BCUT2D eigenvalue weighted by atomic mass is 10.5. The van der Waals surface area contributed by atoms with Crippen molar-refractivity contribution in [2.75, 3.05) is 20.1 Å². The number of carbonyl (C=O) groups is 1. The zero-order valence-corrected chi connectivity index (χ0v) is 11.3. The van der Waals surface area contributed by atoms with Gasteiger partial charge in [-0.25, -0.2) is 15.2 Å². The van der Waals surface area contributed by atoms with Crippen LogP contribution in [0.25, 0.3) is 5.65 Å². The molecular weight excluding hydrogens is 266 g/mol. The molecule has 3 rings (SSSR count). The number of urea groups is 1. The van der Waals surface area contributed by atoms with Crippen LogP contribution in [0.5, 0.6) is 0 Å². The number of likely N-dealkylation sites (N-methyl/N-ethyl adjacent to an activating group) is 1. The molecule has 0 radical (unpaired) electrons. The van der Waals surface area contributed by atoms with Crippen molar-refractivity contribution in [2.45, 2.75) is 6.54 Å². The Morgan fingerprint density at radius 1 is 1.47 bits per heavy atom. The van der Waals surface area contributed by atoms with Crippen molar-refractivity contribution >= 4 is 23.3 Å². The molecule has 7 heteroatoms. The Bertz CT molecular complexity index is 626. The van der Waals surface area contributed by atoms with Crippen molar-refractivity contribution in [2.24, 2.45) is 0 Å². The Kier molecular flexibility index (Phi) is 3.04. The van der Waals surface area contributed by atoms with Crippen molar-refractivity contribution in [3.63, 3.8) is 0 Å². The van der Waals surface area contributed by atoms with Gasteiger partial charge >= 0.3 is 6.03 Å². The van der Waals surface area contributed by atoms with Crippen LogP contribution in [0.1, 0.15) is 5.69 Å². The van der Waals surface area contributed by atoms with E-state index < -0.39 is 0 Å². The van der Waals surface area contributed by atoms with E-state index in [-0.39, 0.29) is 6.03 Å². The zero-order chi connectivity index (χ0) is 13.4. The maximum Gasteiger partial charge on any atom is 0.334 e. The van der Waals surface area contributed by atoms with Crippen LogP contribution in [-0.4, -0.2) is 45.5 Å². The molecule has 0 unspecified atom stereocenters. The molecule has 0 spiro atoms. The SMILES string of the molecule is CN1CCN(NCc2cn3ccc(Cl)cc3n2)C1=O. The van der Waals surface area contributed by atoms with Gasteiger partial charge in [0.05, 0.1) is 18.8 Å². The number of hydrazine groups is 1. The molecule has 0 saturated carbocycles. The largest absolute Gasteiger partial charge is 0.334 e. The third-order valence-electron chi connectivity index (χ3n) is 3.14. The number of amides is 2. The second-order valence-electron chi connectivity index (χ2n) is 4.53. The summed E-state index contributed by atoms with van der Waals surface area (Å²) in [5, 5.41) is 2.27. The Morgan fingerprint density at radius 3 is 3.05 bits per heavy atom. The molecule has 2 amide bonds. The van der Waals surface area contributed by atoms with E-state index in [9.17, 15) is 4.79 Å². The van der Waals surface area contributed by atoms with Gasteiger partial charge in [0, 0.05) is 31.0 Å². The van der Waals surface area contributed by atoms with Gasteiger partial charge in [0.1, 0.15) is 5.65 Å². The standard InChI is InChI=1S/C12H14ClN5O/c1-16-4-5-18(12(16)19)14-7-10-8-17-3-2-9(13)6-11(17)15-10/h2-3,6,8,14H,4-5,7H2,1H3. The first-order chi connectivity index (χ1) is 9.13. The van der Waals surface area contributed by atoms with Crippen LogP contribution in [0.3, 0.4) is 0 Å². The number of fused-ring (bicyclic) bond motifs is 1. The minimum atomic E-state index is -0.00758. The van der Waals surface area contributed by atoms with E-state index in [1.165, 1.54) is 0 Å². The Labute approximate surface area is 115 Å². The van der Waals surface area contributed by atoms with Crippen LogP contribution in [0, 0.1) is 0 Å². The molecule has 1 N–H and O–H groups in total. The van der Waals surface area contributed by atoms with E-state index >= 15 is 0 Å². The molecule has 1 saturated heterocycles. The first kappa shape index (κ1) is 12.3. The van der Waals surface area contributed by atoms with Gasteiger partial charge in [-0.1, -0.05) is 11.6 Å². The number of nitrogens with zero attached hydrogens (tertiary/aromatic N) is 4.